The number of phenolic OH excluding ortho intramolecular Hbond substituents is 1. The number of hydrogen-bond acceptors (Lipinski definition) is 15. The average Bonchev–Trinajstić information content (AvgIpc) is 3.68. The van der Waals surface area contributed by atoms with E-state index in [1.165, 1.54) is 0 Å². The van der Waals surface area contributed by atoms with Crippen molar-refractivity contribution >= 4 is 114 Å². The van der Waals surface area contributed by atoms with Gasteiger partial charge in [0.15, 0.2) is 5.65 Å². The molecule has 6 aromatic rings. The minimum absolute atomic E-state index is 0. The number of carbonyl (C=O) groups is 1. The second-order valence-electron chi connectivity index (χ2n) is 15.7. The number of nitrogens with zero attached hydrogens (tertiary/aromatic N) is 8. The van der Waals surface area contributed by atoms with Crippen molar-refractivity contribution in [3.8, 4) is 17.4 Å². The molecule has 0 atom stereocenters. The molecular weight excluding hydrogens is 1080 g/mol. The van der Waals surface area contributed by atoms with Gasteiger partial charge in [-0.2, -0.15) is 15.0 Å². The third-order valence-electron chi connectivity index (χ3n) is 8.06. The number of carbonyl (C=O) groups excluding carboxylic acids is 1. The predicted octanol–water partition coefficient (Wildman–Crippen LogP) is 4.59. The van der Waals surface area contributed by atoms with Crippen LogP contribution in [0.2, 0.25) is 77.1 Å². The van der Waals surface area contributed by atoms with Crippen molar-refractivity contribution in [2.24, 2.45) is 0 Å². The van der Waals surface area contributed by atoms with Crippen molar-refractivity contribution in [2.75, 3.05) is 13.2 Å². The van der Waals surface area contributed by atoms with Crippen LogP contribution in [0.15, 0.2) is 48.8 Å². The van der Waals surface area contributed by atoms with Gasteiger partial charge in [-0.1, -0.05) is 74.1 Å². The summed E-state index contributed by atoms with van der Waals surface area (Å²) in [5.41, 5.74) is 0.0465. The van der Waals surface area contributed by atoms with E-state index in [1.54, 1.807) is 21.5 Å². The second kappa shape index (κ2) is 29.7. The van der Waals surface area contributed by atoms with E-state index >= 15 is 0 Å². The van der Waals surface area contributed by atoms with Gasteiger partial charge in [0.25, 0.3) is 17.8 Å². The van der Waals surface area contributed by atoms with E-state index in [9.17, 15) is 29.0 Å². The summed E-state index contributed by atoms with van der Waals surface area (Å²) in [6.07, 6.45) is 3.34. The van der Waals surface area contributed by atoms with Crippen molar-refractivity contribution < 1.29 is 157 Å². The Morgan fingerprint density at radius 2 is 1.15 bits per heavy atom. The molecule has 0 amide bonds. The van der Waals surface area contributed by atoms with Gasteiger partial charge in [-0.05, 0) is 35.3 Å². The number of hydrogen-bond donors (Lipinski definition) is 1. The minimum atomic E-state index is -1.23. The molecule has 0 unspecified atom stereocenters. The van der Waals surface area contributed by atoms with Crippen LogP contribution in [0.3, 0.4) is 0 Å². The van der Waals surface area contributed by atoms with Gasteiger partial charge in [0.2, 0.25) is 16.4 Å². The van der Waals surface area contributed by atoms with E-state index < -0.39 is 54.8 Å². The summed E-state index contributed by atoms with van der Waals surface area (Å²) in [5, 5.41) is 40.1. The molecule has 0 aliphatic carbocycles. The zero-order valence-electron chi connectivity index (χ0n) is 38.2. The van der Waals surface area contributed by atoms with E-state index in [0.29, 0.717) is 40.4 Å². The van der Waals surface area contributed by atoms with Crippen molar-refractivity contribution in [3.05, 3.63) is 106 Å². The molecule has 4 heterocycles. The molecule has 6 rings (SSSR count). The fraction of sp³-hybridized carbons (Fsp3) is 0.324. The molecule has 2 aromatic carbocycles. The number of rotatable bonds is 15. The Morgan fingerprint density at radius 1 is 0.716 bits per heavy atom. The fourth-order valence-electron chi connectivity index (χ4n) is 5.00. The number of benzene rings is 2. The third kappa shape index (κ3) is 21.8. The topological polar surface area (TPSA) is 245 Å². The third-order valence-corrected chi connectivity index (χ3v) is 12.7. The van der Waals surface area contributed by atoms with Crippen molar-refractivity contribution in [2.45, 2.75) is 64.8 Å². The Hall–Kier alpha value is -1.55. The van der Waals surface area contributed by atoms with E-state index in [0.717, 1.165) is 55.1 Å². The van der Waals surface area contributed by atoms with E-state index in [2.05, 4.69) is 64.1 Å². The summed E-state index contributed by atoms with van der Waals surface area (Å²) < 4.78 is 46.5. The van der Waals surface area contributed by atoms with Crippen LogP contribution < -0.4 is 113 Å². The molecule has 0 radical (unpaired) electrons. The first-order chi connectivity index (χ1) is 30.3. The van der Waals surface area contributed by atoms with Crippen molar-refractivity contribution in [3.63, 3.8) is 0 Å². The molecule has 19 nitrogen and oxygen atoms in total. The van der Waals surface area contributed by atoms with Crippen LogP contribution in [-0.2, 0) is 32.6 Å². The number of nitro benzene ring substituents is 2. The SMILES string of the molecule is C[Si](C)(C)CCOCn1cc(Cl)c2c(Cl)nc(Cl)nc21.C[Si](C)(C)CCOCn1cc(Cl)c2c(Oc3cc(F)cc([N+](=O)[O-])c3)nc(Cl)nc21.O=CO[O-].O=[N+]([O-])c1cc(O)cc(F)c1.[H-].[K+].[K+]. The van der Waals surface area contributed by atoms with Crippen LogP contribution in [0.25, 0.3) is 22.1 Å². The zero-order chi connectivity index (χ0) is 48.8. The Bertz CT molecular complexity index is 2620. The van der Waals surface area contributed by atoms with Gasteiger partial charge in [0.05, 0.1) is 49.5 Å². The molecule has 0 spiro atoms. The Balaban J connectivity index is 0.00000102. The molecule has 0 bridgehead atoms. The van der Waals surface area contributed by atoms with Gasteiger partial charge in [-0.25, -0.2) is 13.8 Å². The maximum absolute atomic E-state index is 13.7. The number of non-ortho nitro benzene ring substituents is 2. The van der Waals surface area contributed by atoms with Gasteiger partial charge in [-0.3, -0.25) is 25.0 Å². The summed E-state index contributed by atoms with van der Waals surface area (Å²) in [5.74, 6) is -2.26. The molecule has 0 saturated heterocycles. The van der Waals surface area contributed by atoms with Gasteiger partial charge >= 0.3 is 103 Å². The first kappa shape index (κ1) is 63.5. The van der Waals surface area contributed by atoms with Crippen LogP contribution in [-0.4, -0.2) is 79.9 Å². The smallest absolute Gasteiger partial charge is 1.00 e. The zero-order valence-corrected chi connectivity index (χ0v) is 49.2. The maximum Gasteiger partial charge on any atom is 1.00 e. The van der Waals surface area contributed by atoms with Gasteiger partial charge < -0.3 is 40.0 Å². The number of fused-ring (bicyclic) bond motifs is 2. The Labute approximate surface area is 495 Å². The fourth-order valence-corrected chi connectivity index (χ4v) is 7.77. The molecule has 0 aliphatic rings. The number of aromatic hydroxyl groups is 1. The predicted molar refractivity (Wildman–Crippen MR) is 244 cm³/mol. The minimum Gasteiger partial charge on any atom is -1.00 e. The van der Waals surface area contributed by atoms with Crippen molar-refractivity contribution in [1.82, 2.24) is 29.1 Å². The van der Waals surface area contributed by atoms with Gasteiger partial charge in [0, 0.05) is 53.9 Å². The molecule has 354 valence electrons. The van der Waals surface area contributed by atoms with Crippen LogP contribution in [0.1, 0.15) is 1.43 Å². The molecular formula is C37H41Cl5F2K2N8O11Si2. The number of nitro groups is 2. The monoisotopic (exact) mass is 1120 g/mol. The number of ether oxygens (including phenoxy) is 3. The van der Waals surface area contributed by atoms with Crippen LogP contribution in [0.5, 0.6) is 17.4 Å². The summed E-state index contributed by atoms with van der Waals surface area (Å²) in [4.78, 5) is 47.0. The number of halogens is 7. The molecule has 67 heavy (non-hydrogen) atoms. The van der Waals surface area contributed by atoms with Crippen molar-refractivity contribution in [1.29, 1.82) is 0 Å². The first-order valence-corrected chi connectivity index (χ1v) is 27.9. The molecule has 1 N–H and O–H groups in total. The summed E-state index contributed by atoms with van der Waals surface area (Å²) in [6.45, 7) is 15.4. The van der Waals surface area contributed by atoms with E-state index in [-0.39, 0.29) is 150 Å². The standard InChI is InChI=1S/C18H19Cl2FN4O4Si.C12H16Cl3N3OSi.C6H4FNO3.CH2O3.2K.H/c1-30(2,3)5-4-28-10-24-9-14(19)15-16(24)22-18(20)23-17(15)29-13-7-11(21)6-12(8-13)25(26)27;1-20(2,3)5-4-19-7-18-6-8(13)9-10(14)16-12(15)17-11(9)18;7-4-1-5(8(10)11)3-6(9)2-4;2-1-4-3;;;/h6-9H,4-5,10H2,1-3H3;6H,4-5,7H2,1-3H3;1-3,9H;1,3H;;;/q;;;;2*+1;-1/p-1. The number of aromatic nitrogens is 6. The van der Waals surface area contributed by atoms with E-state index in [4.69, 9.17) is 87.4 Å². The normalized spacial score (nSPS) is 10.8. The Kier molecular flexibility index (Phi) is 28.1. The Morgan fingerprint density at radius 3 is 1.60 bits per heavy atom. The van der Waals surface area contributed by atoms with Crippen LogP contribution in [0.4, 0.5) is 20.2 Å². The summed E-state index contributed by atoms with van der Waals surface area (Å²) in [6, 6.07) is 7.39. The van der Waals surface area contributed by atoms with Crippen LogP contribution in [0, 0.1) is 31.9 Å². The second-order valence-corrected chi connectivity index (χ2v) is 28.8. The molecule has 0 aliphatic heterocycles. The molecule has 4 aromatic heterocycles. The molecule has 30 heteroatoms. The van der Waals surface area contributed by atoms with Crippen LogP contribution >= 0.6 is 58.0 Å². The quantitative estimate of drug-likeness (QED) is 0.0216. The summed E-state index contributed by atoms with van der Waals surface area (Å²) in [7, 11) is -2.32. The maximum atomic E-state index is 13.7. The van der Waals surface area contributed by atoms with Gasteiger partial charge in [-0.15, -0.1) is 0 Å². The van der Waals surface area contributed by atoms with E-state index in [1.807, 2.05) is 0 Å². The van der Waals surface area contributed by atoms with Gasteiger partial charge in [0.1, 0.15) is 52.8 Å². The first-order valence-electron chi connectivity index (χ1n) is 18.6. The molecule has 0 saturated carbocycles. The molecule has 0 fully saturated rings. The largest absolute Gasteiger partial charge is 1.00 e. The number of phenols is 1. The average molecular weight is 1120 g/mol. The summed E-state index contributed by atoms with van der Waals surface area (Å²) >= 11 is 30.4.